The zero-order chi connectivity index (χ0) is 17.1. The normalized spacial score (nSPS) is 23.7. The van der Waals surface area contributed by atoms with Gasteiger partial charge in [0.15, 0.2) is 0 Å². The molecule has 3 rings (SSSR count). The molecule has 1 aliphatic carbocycles. The third-order valence-electron chi connectivity index (χ3n) is 5.43. The Hall–Kier alpha value is -1.84. The fraction of sp³-hybridized carbons (Fsp3) is 0.600. The maximum absolute atomic E-state index is 12.9. The molecule has 1 heterocycles. The Morgan fingerprint density at radius 2 is 1.71 bits per heavy atom. The molecule has 0 unspecified atom stereocenters. The smallest absolute Gasteiger partial charge is 0.254 e. The van der Waals surface area contributed by atoms with Crippen LogP contribution in [0.5, 0.6) is 0 Å². The molecule has 0 spiro atoms. The van der Waals surface area contributed by atoms with Crippen molar-refractivity contribution in [3.05, 3.63) is 29.8 Å². The average Bonchev–Trinajstić information content (AvgIpc) is 2.61. The number of piperidine rings is 1. The number of amides is 2. The molecule has 0 radical (unpaired) electrons. The zero-order valence-electron chi connectivity index (χ0n) is 14.8. The molecular formula is C20H28N2O2. The van der Waals surface area contributed by atoms with Crippen molar-refractivity contribution < 1.29 is 9.59 Å². The van der Waals surface area contributed by atoms with Crippen LogP contribution in [0.15, 0.2) is 24.3 Å². The van der Waals surface area contributed by atoms with E-state index in [1.165, 1.54) is 25.7 Å². The van der Waals surface area contributed by atoms with Crippen LogP contribution >= 0.6 is 0 Å². The summed E-state index contributed by atoms with van der Waals surface area (Å²) in [5.74, 6) is 0.785. The molecule has 130 valence electrons. The zero-order valence-corrected chi connectivity index (χ0v) is 14.8. The van der Waals surface area contributed by atoms with Gasteiger partial charge in [0.25, 0.3) is 5.91 Å². The number of fused-ring (bicyclic) bond motifs is 1. The van der Waals surface area contributed by atoms with Crippen molar-refractivity contribution in [2.45, 2.75) is 58.4 Å². The number of hydrogen-bond donors (Lipinski definition) is 1. The van der Waals surface area contributed by atoms with E-state index in [1.807, 2.05) is 38.1 Å². The quantitative estimate of drug-likeness (QED) is 0.909. The lowest BCUT2D eigenvalue weighted by Gasteiger charge is -2.44. The van der Waals surface area contributed by atoms with Gasteiger partial charge in [0.1, 0.15) is 0 Å². The minimum absolute atomic E-state index is 0.00449. The summed E-state index contributed by atoms with van der Waals surface area (Å²) in [6.45, 7) is 4.61. The predicted octanol–water partition coefficient (Wildman–Crippen LogP) is 4.08. The second kappa shape index (κ2) is 7.37. The fourth-order valence-electron chi connectivity index (χ4n) is 4.03. The Kier molecular flexibility index (Phi) is 5.22. The van der Waals surface area contributed by atoms with Gasteiger partial charge in [-0.2, -0.15) is 0 Å². The minimum atomic E-state index is -0.0529. The highest BCUT2D eigenvalue weighted by atomic mass is 16.2. The van der Waals surface area contributed by atoms with Gasteiger partial charge in [-0.15, -0.1) is 0 Å². The molecule has 1 aliphatic heterocycles. The number of hydrogen-bond acceptors (Lipinski definition) is 2. The van der Waals surface area contributed by atoms with Gasteiger partial charge in [-0.05, 0) is 55.9 Å². The molecular weight excluding hydrogens is 300 g/mol. The number of carbonyl (C=O) groups excluding carboxylic acids is 2. The number of benzene rings is 1. The average molecular weight is 328 g/mol. The summed E-state index contributed by atoms with van der Waals surface area (Å²) in [5, 5.41) is 2.87. The Labute approximate surface area is 144 Å². The fourth-order valence-corrected chi connectivity index (χ4v) is 4.03. The van der Waals surface area contributed by atoms with Crippen molar-refractivity contribution in [2.75, 3.05) is 11.9 Å². The highest BCUT2D eigenvalue weighted by molar-refractivity contribution is 5.96. The first-order valence-corrected chi connectivity index (χ1v) is 9.28. The molecule has 2 atom stereocenters. The summed E-state index contributed by atoms with van der Waals surface area (Å²) in [6, 6.07) is 7.77. The van der Waals surface area contributed by atoms with E-state index in [4.69, 9.17) is 0 Å². The standard InChI is InChI=1S/C20H28N2O2/c1-14(2)19(23)21-17-11-9-16(10-12-17)20(24)22-13-5-7-15-6-3-4-8-18(15)22/h9-12,14-15,18H,3-8,13H2,1-2H3,(H,21,23)/t15-,18+/m1/s1. The molecule has 2 amide bonds. The van der Waals surface area contributed by atoms with Crippen molar-refractivity contribution in [2.24, 2.45) is 11.8 Å². The van der Waals surface area contributed by atoms with Crippen LogP contribution < -0.4 is 5.32 Å². The summed E-state index contributed by atoms with van der Waals surface area (Å²) in [6.07, 6.45) is 7.37. The van der Waals surface area contributed by atoms with Gasteiger partial charge in [0.05, 0.1) is 0 Å². The first kappa shape index (κ1) is 17.0. The highest BCUT2D eigenvalue weighted by Gasteiger charge is 2.35. The van der Waals surface area contributed by atoms with E-state index in [0.29, 0.717) is 12.0 Å². The van der Waals surface area contributed by atoms with E-state index in [2.05, 4.69) is 10.2 Å². The predicted molar refractivity (Wildman–Crippen MR) is 95.9 cm³/mol. The monoisotopic (exact) mass is 328 g/mol. The van der Waals surface area contributed by atoms with Crippen LogP contribution in [0, 0.1) is 11.8 Å². The molecule has 1 aromatic rings. The maximum atomic E-state index is 12.9. The van der Waals surface area contributed by atoms with Crippen LogP contribution in [-0.4, -0.2) is 29.3 Å². The van der Waals surface area contributed by atoms with Crippen LogP contribution in [0.1, 0.15) is 62.7 Å². The van der Waals surface area contributed by atoms with Crippen molar-refractivity contribution in [1.29, 1.82) is 0 Å². The van der Waals surface area contributed by atoms with Crippen molar-refractivity contribution >= 4 is 17.5 Å². The molecule has 1 N–H and O–H groups in total. The number of carbonyl (C=O) groups is 2. The van der Waals surface area contributed by atoms with E-state index in [1.54, 1.807) is 0 Å². The van der Waals surface area contributed by atoms with Crippen LogP contribution in [0.3, 0.4) is 0 Å². The SMILES string of the molecule is CC(C)C(=O)Nc1ccc(C(=O)N2CCC[C@H]3CCCC[C@@H]32)cc1. The molecule has 4 nitrogen and oxygen atoms in total. The van der Waals surface area contributed by atoms with Crippen molar-refractivity contribution in [3.8, 4) is 0 Å². The van der Waals surface area contributed by atoms with Crippen LogP contribution in [0.4, 0.5) is 5.69 Å². The highest BCUT2D eigenvalue weighted by Crippen LogP contribution is 2.36. The first-order chi connectivity index (χ1) is 11.6. The minimum Gasteiger partial charge on any atom is -0.335 e. The Morgan fingerprint density at radius 1 is 1.04 bits per heavy atom. The van der Waals surface area contributed by atoms with E-state index >= 15 is 0 Å². The number of nitrogens with zero attached hydrogens (tertiary/aromatic N) is 1. The van der Waals surface area contributed by atoms with Crippen LogP contribution in [-0.2, 0) is 4.79 Å². The molecule has 1 saturated heterocycles. The molecule has 2 fully saturated rings. The second-order valence-corrected chi connectivity index (χ2v) is 7.47. The van der Waals surface area contributed by atoms with Gasteiger partial charge in [0.2, 0.25) is 5.91 Å². The summed E-state index contributed by atoms with van der Waals surface area (Å²) in [5.41, 5.74) is 1.48. The molecule has 24 heavy (non-hydrogen) atoms. The Morgan fingerprint density at radius 3 is 2.42 bits per heavy atom. The van der Waals surface area contributed by atoms with Gasteiger partial charge in [-0.1, -0.05) is 26.7 Å². The van der Waals surface area contributed by atoms with Gasteiger partial charge in [-0.25, -0.2) is 0 Å². The lowest BCUT2D eigenvalue weighted by Crippen LogP contribution is -2.49. The van der Waals surface area contributed by atoms with Crippen LogP contribution in [0.2, 0.25) is 0 Å². The lowest BCUT2D eigenvalue weighted by molar-refractivity contribution is -0.118. The van der Waals surface area contributed by atoms with Gasteiger partial charge in [-0.3, -0.25) is 9.59 Å². The van der Waals surface area contributed by atoms with E-state index in [-0.39, 0.29) is 17.7 Å². The summed E-state index contributed by atoms with van der Waals surface area (Å²) >= 11 is 0. The first-order valence-electron chi connectivity index (χ1n) is 9.28. The van der Waals surface area contributed by atoms with Crippen molar-refractivity contribution in [1.82, 2.24) is 4.90 Å². The van der Waals surface area contributed by atoms with E-state index in [9.17, 15) is 9.59 Å². The summed E-state index contributed by atoms with van der Waals surface area (Å²) in [7, 11) is 0. The maximum Gasteiger partial charge on any atom is 0.254 e. The van der Waals surface area contributed by atoms with Crippen LogP contribution in [0.25, 0.3) is 0 Å². The molecule has 0 aromatic heterocycles. The largest absolute Gasteiger partial charge is 0.335 e. The van der Waals surface area contributed by atoms with E-state index in [0.717, 1.165) is 30.6 Å². The molecule has 0 bridgehead atoms. The van der Waals surface area contributed by atoms with Crippen molar-refractivity contribution in [3.63, 3.8) is 0 Å². The molecule has 4 heteroatoms. The number of anilines is 1. The molecule has 1 aromatic carbocycles. The third-order valence-corrected chi connectivity index (χ3v) is 5.43. The lowest BCUT2D eigenvalue weighted by atomic mass is 9.78. The summed E-state index contributed by atoms with van der Waals surface area (Å²) in [4.78, 5) is 26.8. The number of nitrogens with one attached hydrogen (secondary N) is 1. The van der Waals surface area contributed by atoms with Gasteiger partial charge >= 0.3 is 0 Å². The Bertz CT molecular complexity index is 592. The number of rotatable bonds is 3. The summed E-state index contributed by atoms with van der Waals surface area (Å²) < 4.78 is 0. The third kappa shape index (κ3) is 3.63. The van der Waals surface area contributed by atoms with E-state index < -0.39 is 0 Å². The topological polar surface area (TPSA) is 49.4 Å². The van der Waals surface area contributed by atoms with Gasteiger partial charge in [0, 0.05) is 29.8 Å². The van der Waals surface area contributed by atoms with Gasteiger partial charge < -0.3 is 10.2 Å². The number of likely N-dealkylation sites (tertiary alicyclic amines) is 1. The molecule has 1 saturated carbocycles. The Balaban J connectivity index is 1.69. The second-order valence-electron chi connectivity index (χ2n) is 7.47. The molecule has 2 aliphatic rings.